The molecule has 5 nitrogen and oxygen atoms in total. The number of aliphatic carboxylic acids is 1. The first-order valence-corrected chi connectivity index (χ1v) is 12.4. The number of hydrogen-bond acceptors (Lipinski definition) is 4. The van der Waals surface area contributed by atoms with Crippen molar-refractivity contribution in [3.63, 3.8) is 0 Å². The van der Waals surface area contributed by atoms with E-state index in [1.165, 1.54) is 49.6 Å². The summed E-state index contributed by atoms with van der Waals surface area (Å²) in [5.74, 6) is 1.99. The molecule has 8 heteroatoms. The maximum Gasteiger partial charge on any atom is 0.307 e. The zero-order valence-corrected chi connectivity index (χ0v) is 19.9. The Morgan fingerprint density at radius 3 is 2.03 bits per heavy atom. The molecule has 0 aliphatic heterocycles. The second kappa shape index (κ2) is 9.18. The van der Waals surface area contributed by atoms with Crippen LogP contribution in [0.25, 0.3) is 0 Å². The zero-order valence-electron chi connectivity index (χ0n) is 15.9. The van der Waals surface area contributed by atoms with Crippen molar-refractivity contribution in [1.82, 2.24) is 0 Å². The summed E-state index contributed by atoms with van der Waals surface area (Å²) in [6.45, 7) is 0. The van der Waals surface area contributed by atoms with Crippen LogP contribution in [-0.4, -0.2) is 26.6 Å². The van der Waals surface area contributed by atoms with Crippen LogP contribution in [0.4, 0.5) is 0 Å². The van der Waals surface area contributed by atoms with Crippen LogP contribution in [0, 0.1) is 11.8 Å². The van der Waals surface area contributed by atoms with Gasteiger partial charge in [0, 0.05) is 8.95 Å². The van der Waals surface area contributed by atoms with Crippen LogP contribution in [-0.2, 0) is 21.1 Å². The van der Waals surface area contributed by atoms with Gasteiger partial charge in [-0.2, -0.15) is 0 Å². The number of carboxylic acids is 1. The van der Waals surface area contributed by atoms with Crippen molar-refractivity contribution in [3.05, 3.63) is 50.9 Å². The maximum atomic E-state index is 12.8. The highest BCUT2D eigenvalue weighted by Crippen LogP contribution is 2.51. The highest BCUT2D eigenvalue weighted by molar-refractivity contribution is 9.11. The number of carboxylic acid groups (broad SMARTS) is 1. The van der Waals surface area contributed by atoms with E-state index >= 15 is 0 Å². The van der Waals surface area contributed by atoms with Crippen LogP contribution in [0.15, 0.2) is 55.1 Å². The van der Waals surface area contributed by atoms with Gasteiger partial charge >= 0.3 is 5.97 Å². The van der Waals surface area contributed by atoms with Crippen molar-refractivity contribution in [2.24, 2.45) is 11.8 Å². The van der Waals surface area contributed by atoms with E-state index in [0.29, 0.717) is 20.3 Å². The number of hydrogen-bond donors (Lipinski definition) is 1. The fourth-order valence-corrected chi connectivity index (χ4v) is 7.60. The molecule has 2 atom stereocenters. The predicted molar refractivity (Wildman–Crippen MR) is 117 cm³/mol. The van der Waals surface area contributed by atoms with Gasteiger partial charge in [-0.15, -0.1) is 0 Å². The van der Waals surface area contributed by atoms with Crippen molar-refractivity contribution in [1.29, 1.82) is 0 Å². The topological polar surface area (TPSA) is 80.7 Å². The first kappa shape index (κ1) is 22.3. The molecule has 0 saturated heterocycles. The quantitative estimate of drug-likeness (QED) is 0.537. The number of methoxy groups -OCH3 is 1. The van der Waals surface area contributed by atoms with Crippen molar-refractivity contribution >= 4 is 47.7 Å². The Bertz CT molecular complexity index is 971. The summed E-state index contributed by atoms with van der Waals surface area (Å²) in [4.78, 5) is 11.0. The minimum atomic E-state index is -3.77. The number of carbonyl (C=O) groups is 1. The molecule has 2 unspecified atom stereocenters. The average molecular weight is 546 g/mol. The summed E-state index contributed by atoms with van der Waals surface area (Å²) in [6, 6.07) is 9.03. The fraction of sp³-hybridized carbons (Fsp3) is 0.381. The van der Waals surface area contributed by atoms with Gasteiger partial charge < -0.3 is 9.84 Å². The van der Waals surface area contributed by atoms with Crippen molar-refractivity contribution in [2.75, 3.05) is 7.11 Å². The number of rotatable bonds is 5. The molecule has 0 aromatic heterocycles. The molecular weight excluding hydrogens is 524 g/mol. The Morgan fingerprint density at radius 2 is 1.66 bits per heavy atom. The van der Waals surface area contributed by atoms with Gasteiger partial charge in [0.15, 0.2) is 0 Å². The molecule has 2 saturated carbocycles. The summed E-state index contributed by atoms with van der Waals surface area (Å²) < 4.78 is 31.2. The van der Waals surface area contributed by atoms with Gasteiger partial charge in [-0.25, -0.2) is 8.42 Å². The molecule has 4 rings (SSSR count). The van der Waals surface area contributed by atoms with Crippen LogP contribution >= 0.6 is 31.9 Å². The Kier molecular flexibility index (Phi) is 7.06. The molecule has 0 radical (unpaired) electrons. The number of fused-ring (bicyclic) bond motifs is 1. The van der Waals surface area contributed by atoms with E-state index in [-0.39, 0.29) is 16.2 Å². The third kappa shape index (κ3) is 5.41. The lowest BCUT2D eigenvalue weighted by molar-refractivity contribution is -0.136. The summed E-state index contributed by atoms with van der Waals surface area (Å²) in [6.07, 6.45) is 6.05. The van der Waals surface area contributed by atoms with E-state index in [1.54, 1.807) is 31.4 Å². The van der Waals surface area contributed by atoms with Gasteiger partial charge in [-0.05, 0) is 92.1 Å². The molecule has 0 heterocycles. The Labute approximate surface area is 187 Å². The maximum absolute atomic E-state index is 12.8. The summed E-state index contributed by atoms with van der Waals surface area (Å²) in [7, 11) is -2.27. The average Bonchev–Trinajstić information content (AvgIpc) is 3.25. The van der Waals surface area contributed by atoms with Gasteiger partial charge in [0.05, 0.1) is 18.4 Å². The highest BCUT2D eigenvalue weighted by atomic mass is 79.9. The normalized spacial score (nSPS) is 19.7. The van der Waals surface area contributed by atoms with E-state index in [9.17, 15) is 13.2 Å². The number of halogens is 2. The van der Waals surface area contributed by atoms with E-state index < -0.39 is 15.8 Å². The molecule has 2 aliphatic carbocycles. The van der Waals surface area contributed by atoms with E-state index in [4.69, 9.17) is 9.84 Å². The molecular formula is C21H22Br2O5S. The van der Waals surface area contributed by atoms with E-state index in [2.05, 4.69) is 31.9 Å². The Balaban J connectivity index is 0.000000334. The Morgan fingerprint density at radius 1 is 1.10 bits per heavy atom. The van der Waals surface area contributed by atoms with Crippen molar-refractivity contribution in [2.45, 2.75) is 41.9 Å². The van der Waals surface area contributed by atoms with Crippen LogP contribution in [0.1, 0.15) is 31.2 Å². The lowest BCUT2D eigenvalue weighted by Crippen LogP contribution is -2.06. The molecule has 2 fully saturated rings. The number of ether oxygens (including phenoxy) is 1. The zero-order chi connectivity index (χ0) is 21.2. The van der Waals surface area contributed by atoms with Crippen molar-refractivity contribution < 1.29 is 23.1 Å². The van der Waals surface area contributed by atoms with E-state index in [0.717, 1.165) is 0 Å². The summed E-state index contributed by atoms with van der Waals surface area (Å²) >= 11 is 6.44. The van der Waals surface area contributed by atoms with Gasteiger partial charge in [0.25, 0.3) is 0 Å². The lowest BCUT2D eigenvalue weighted by atomic mass is 10.1. The molecule has 1 N–H and O–H groups in total. The van der Waals surface area contributed by atoms with Crippen molar-refractivity contribution in [3.8, 4) is 5.75 Å². The summed E-state index contributed by atoms with van der Waals surface area (Å²) in [5.41, 5.74) is 0.491. The second-order valence-corrected chi connectivity index (χ2v) is 10.9. The monoisotopic (exact) mass is 544 g/mol. The van der Waals surface area contributed by atoms with Crippen LogP contribution in [0.2, 0.25) is 0 Å². The molecule has 2 aromatic carbocycles. The third-order valence-electron chi connectivity index (χ3n) is 5.27. The SMILES string of the molecule is C1CC2CC2C1.COc1ccc(S(=O)(=O)c2c(Br)cc(CC(=O)O)cc2Br)cc1. The minimum absolute atomic E-state index is 0.0526. The van der Waals surface area contributed by atoms with Gasteiger partial charge in [0.2, 0.25) is 9.84 Å². The second-order valence-electron chi connectivity index (χ2n) is 7.32. The van der Waals surface area contributed by atoms with Gasteiger partial charge in [-0.1, -0.05) is 19.3 Å². The van der Waals surface area contributed by atoms with Crippen LogP contribution < -0.4 is 4.74 Å². The largest absolute Gasteiger partial charge is 0.497 e. The molecule has 2 aliphatic rings. The number of benzene rings is 2. The standard InChI is InChI=1S/C15H12Br2O5S.C6H10/c1-22-10-2-4-11(5-3-10)23(20,21)15-12(16)6-9(7-13(15)17)8-14(18)19;1-2-5-4-6(5)3-1/h2-7H,8H2,1H3,(H,18,19);5-6H,1-4H2. The molecule has 2 aromatic rings. The first-order valence-electron chi connectivity index (χ1n) is 9.31. The Hall–Kier alpha value is -1.38. The smallest absolute Gasteiger partial charge is 0.307 e. The van der Waals surface area contributed by atoms with Crippen LogP contribution in [0.3, 0.4) is 0 Å². The first-order chi connectivity index (χ1) is 13.7. The summed E-state index contributed by atoms with van der Waals surface area (Å²) in [5, 5.41) is 8.84. The third-order valence-corrected chi connectivity index (χ3v) is 8.92. The van der Waals surface area contributed by atoms with Crippen LogP contribution in [0.5, 0.6) is 5.75 Å². The molecule has 0 spiro atoms. The highest BCUT2D eigenvalue weighted by Gasteiger charge is 2.40. The van der Waals surface area contributed by atoms with E-state index in [1.807, 2.05) is 0 Å². The number of sulfone groups is 1. The lowest BCUT2D eigenvalue weighted by Gasteiger charge is -2.11. The molecule has 29 heavy (non-hydrogen) atoms. The van der Waals surface area contributed by atoms with Gasteiger partial charge in [0.1, 0.15) is 10.6 Å². The predicted octanol–water partition coefficient (Wildman–Crippen LogP) is 5.49. The minimum Gasteiger partial charge on any atom is -0.497 e. The van der Waals surface area contributed by atoms with Gasteiger partial charge in [-0.3, -0.25) is 4.79 Å². The molecule has 0 bridgehead atoms. The fourth-order valence-electron chi connectivity index (χ4n) is 3.68. The molecule has 0 amide bonds. The molecule has 156 valence electrons.